The Labute approximate surface area is 286 Å². The van der Waals surface area contributed by atoms with Crippen LogP contribution in [0.25, 0.3) is 22.5 Å². The fourth-order valence-electron chi connectivity index (χ4n) is 5.90. The molecular formula is C33H35ClN6O9. The molecule has 0 amide bonds. The molecule has 0 aliphatic carbocycles. The van der Waals surface area contributed by atoms with Gasteiger partial charge in [0.2, 0.25) is 12.1 Å². The van der Waals surface area contributed by atoms with E-state index in [2.05, 4.69) is 32.5 Å². The van der Waals surface area contributed by atoms with Crippen LogP contribution in [0.4, 0.5) is 4.79 Å². The van der Waals surface area contributed by atoms with Gasteiger partial charge in [0, 0.05) is 32.4 Å². The number of ether oxygens (including phenoxy) is 6. The molecule has 1 unspecified atom stereocenters. The second kappa shape index (κ2) is 15.1. The lowest BCUT2D eigenvalue weighted by Crippen LogP contribution is -2.36. The highest BCUT2D eigenvalue weighted by Crippen LogP contribution is 2.32. The van der Waals surface area contributed by atoms with Gasteiger partial charge in [-0.1, -0.05) is 73.5 Å². The molecule has 15 nitrogen and oxygen atoms in total. The summed E-state index contributed by atoms with van der Waals surface area (Å²) in [5.74, 6) is -0.175. The maximum Gasteiger partial charge on any atom is 0.511 e. The van der Waals surface area contributed by atoms with Crippen molar-refractivity contribution in [2.24, 2.45) is 0 Å². The predicted octanol–water partition coefficient (Wildman–Crippen LogP) is 4.53. The highest BCUT2D eigenvalue weighted by atomic mass is 35.5. The largest absolute Gasteiger partial charge is 0.511 e. The van der Waals surface area contributed by atoms with Crippen LogP contribution in [0.1, 0.15) is 55.5 Å². The van der Waals surface area contributed by atoms with E-state index in [0.717, 1.165) is 35.1 Å². The standard InChI is InChI=1S/C33H35ClN6O9/c1-4-5-10-26-35-30(34)27(32(42)47-19(3)48-33(43)49-25-17-45-28-24(46-18(2)41)16-44-29(25)28)40(26)15-20-11-13-21(14-12-20)22-8-6-7-9-23(22)31-36-38-39-37-31/h6-9,11-14,19,24-25,28-29H,4-5,10,15-17H2,1-3H3,(H,36,37,38,39)/t19?,24-,25-,28-,29-/m1/s1. The van der Waals surface area contributed by atoms with Crippen LogP contribution >= 0.6 is 11.6 Å². The van der Waals surface area contributed by atoms with Crippen LogP contribution < -0.4 is 0 Å². The first-order valence-electron chi connectivity index (χ1n) is 15.9. The summed E-state index contributed by atoms with van der Waals surface area (Å²) in [7, 11) is 0. The van der Waals surface area contributed by atoms with Gasteiger partial charge in [0.05, 0.1) is 13.2 Å². The third kappa shape index (κ3) is 7.74. The number of aromatic amines is 1. The van der Waals surface area contributed by atoms with Gasteiger partial charge in [-0.15, -0.1) is 10.2 Å². The molecule has 2 aromatic carbocycles. The molecule has 0 spiro atoms. The van der Waals surface area contributed by atoms with Gasteiger partial charge < -0.3 is 33.0 Å². The number of aromatic nitrogens is 6. The molecule has 4 aromatic rings. The first-order chi connectivity index (χ1) is 23.7. The van der Waals surface area contributed by atoms with Crippen LogP contribution in [0.3, 0.4) is 0 Å². The minimum absolute atomic E-state index is 0.0219. The number of carbonyl (C=O) groups excluding carboxylic acids is 3. The van der Waals surface area contributed by atoms with E-state index in [1.54, 1.807) is 4.57 Å². The van der Waals surface area contributed by atoms with Crippen molar-refractivity contribution < 1.29 is 42.8 Å². The summed E-state index contributed by atoms with van der Waals surface area (Å²) < 4.78 is 34.3. The molecule has 0 saturated carbocycles. The van der Waals surface area contributed by atoms with Gasteiger partial charge in [-0.3, -0.25) is 4.79 Å². The zero-order valence-electron chi connectivity index (χ0n) is 27.0. The average Bonchev–Trinajstić information content (AvgIpc) is 3.87. The molecule has 49 heavy (non-hydrogen) atoms. The number of aryl methyl sites for hydroxylation is 1. The van der Waals surface area contributed by atoms with E-state index in [-0.39, 0.29) is 30.6 Å². The number of benzene rings is 2. The van der Waals surface area contributed by atoms with Gasteiger partial charge >= 0.3 is 18.1 Å². The van der Waals surface area contributed by atoms with Gasteiger partial charge in [-0.25, -0.2) is 14.6 Å². The highest BCUT2D eigenvalue weighted by Gasteiger charge is 2.51. The van der Waals surface area contributed by atoms with E-state index < -0.39 is 48.8 Å². The number of nitrogens with one attached hydrogen (secondary N) is 1. The molecular weight excluding hydrogens is 660 g/mol. The summed E-state index contributed by atoms with van der Waals surface area (Å²) >= 11 is 6.52. The number of carbonyl (C=O) groups is 3. The lowest BCUT2D eigenvalue weighted by molar-refractivity contribution is -0.151. The molecule has 1 N–H and O–H groups in total. The molecule has 2 aliphatic rings. The van der Waals surface area contributed by atoms with Crippen LogP contribution in [0.5, 0.6) is 0 Å². The molecule has 2 saturated heterocycles. The van der Waals surface area contributed by atoms with Gasteiger partial charge in [-0.05, 0) is 28.3 Å². The number of hydrogen-bond donors (Lipinski definition) is 1. The number of rotatable bonds is 12. The summed E-state index contributed by atoms with van der Waals surface area (Å²) in [6.07, 6.45) is -2.66. The van der Waals surface area contributed by atoms with Crippen LogP contribution in [0.15, 0.2) is 48.5 Å². The average molecular weight is 695 g/mol. The first-order valence-corrected chi connectivity index (χ1v) is 16.2. The van der Waals surface area contributed by atoms with Crippen molar-refractivity contribution in [1.29, 1.82) is 0 Å². The van der Waals surface area contributed by atoms with Crippen molar-refractivity contribution in [3.63, 3.8) is 0 Å². The third-order valence-electron chi connectivity index (χ3n) is 8.13. The minimum Gasteiger partial charge on any atom is -0.457 e. The summed E-state index contributed by atoms with van der Waals surface area (Å²) in [6.45, 7) is 5.16. The molecule has 258 valence electrons. The number of fused-ring (bicyclic) bond motifs is 1. The van der Waals surface area contributed by atoms with Crippen LogP contribution in [-0.2, 0) is 46.2 Å². The Morgan fingerprint density at radius 3 is 2.35 bits per heavy atom. The summed E-state index contributed by atoms with van der Waals surface area (Å²) in [5, 5.41) is 14.4. The molecule has 2 aliphatic heterocycles. The molecule has 0 radical (unpaired) electrons. The van der Waals surface area contributed by atoms with E-state index in [4.69, 9.17) is 40.0 Å². The van der Waals surface area contributed by atoms with Crippen molar-refractivity contribution in [2.75, 3.05) is 13.2 Å². The van der Waals surface area contributed by atoms with E-state index in [0.29, 0.717) is 18.1 Å². The monoisotopic (exact) mass is 694 g/mol. The van der Waals surface area contributed by atoms with Crippen molar-refractivity contribution in [1.82, 2.24) is 30.2 Å². The number of H-pyrrole nitrogens is 1. The number of tetrazole rings is 1. The Hall–Kier alpha value is -4.86. The van der Waals surface area contributed by atoms with Crippen molar-refractivity contribution in [3.8, 4) is 22.5 Å². The van der Waals surface area contributed by atoms with Crippen LogP contribution in [0, 0.1) is 0 Å². The lowest BCUT2D eigenvalue weighted by atomic mass is 9.98. The normalized spacial score (nSPS) is 20.4. The van der Waals surface area contributed by atoms with Crippen LogP contribution in [-0.4, -0.2) is 92.2 Å². The Kier molecular flexibility index (Phi) is 10.5. The van der Waals surface area contributed by atoms with Crippen LogP contribution in [0.2, 0.25) is 5.15 Å². The number of halogens is 1. The second-order valence-corrected chi connectivity index (χ2v) is 11.9. The Morgan fingerprint density at radius 1 is 1.00 bits per heavy atom. The zero-order chi connectivity index (χ0) is 34.5. The van der Waals surface area contributed by atoms with Crippen molar-refractivity contribution in [2.45, 2.75) is 77.3 Å². The predicted molar refractivity (Wildman–Crippen MR) is 171 cm³/mol. The van der Waals surface area contributed by atoms with Gasteiger partial charge in [-0.2, -0.15) is 5.21 Å². The Balaban J connectivity index is 1.12. The molecule has 16 heteroatoms. The maximum absolute atomic E-state index is 13.5. The fraction of sp³-hybridized carbons (Fsp3) is 0.424. The fourth-order valence-corrected chi connectivity index (χ4v) is 6.17. The lowest BCUT2D eigenvalue weighted by Gasteiger charge is -2.19. The maximum atomic E-state index is 13.5. The van der Waals surface area contributed by atoms with E-state index in [9.17, 15) is 14.4 Å². The molecule has 5 atom stereocenters. The summed E-state index contributed by atoms with van der Waals surface area (Å²) in [6, 6.07) is 15.6. The number of imidazole rings is 1. The zero-order valence-corrected chi connectivity index (χ0v) is 27.8. The number of nitrogens with zero attached hydrogens (tertiary/aromatic N) is 5. The third-order valence-corrected chi connectivity index (χ3v) is 8.40. The summed E-state index contributed by atoms with van der Waals surface area (Å²) in [5.41, 5.74) is 3.63. The van der Waals surface area contributed by atoms with E-state index >= 15 is 0 Å². The minimum atomic E-state index is -1.33. The SMILES string of the molecule is CCCCc1nc(Cl)c(C(=O)OC(C)OC(=O)O[C@@H]2CO[C@H]3[C@@H]2OC[C@H]3OC(C)=O)n1Cc1ccc(-c2ccccc2-c2nn[nH]n2)cc1. The van der Waals surface area contributed by atoms with Crippen molar-refractivity contribution in [3.05, 3.63) is 70.8 Å². The van der Waals surface area contributed by atoms with E-state index in [1.165, 1.54) is 13.8 Å². The smallest absolute Gasteiger partial charge is 0.457 e. The van der Waals surface area contributed by atoms with E-state index in [1.807, 2.05) is 48.5 Å². The highest BCUT2D eigenvalue weighted by molar-refractivity contribution is 6.32. The number of unbranched alkanes of at least 4 members (excludes halogenated alkanes) is 1. The summed E-state index contributed by atoms with van der Waals surface area (Å²) in [4.78, 5) is 41.9. The van der Waals surface area contributed by atoms with Gasteiger partial charge in [0.15, 0.2) is 23.1 Å². The molecule has 0 bridgehead atoms. The molecule has 2 fully saturated rings. The Morgan fingerprint density at radius 2 is 1.69 bits per heavy atom. The van der Waals surface area contributed by atoms with Crippen molar-refractivity contribution >= 4 is 29.7 Å². The van der Waals surface area contributed by atoms with Gasteiger partial charge in [0.25, 0.3) is 0 Å². The molecule has 4 heterocycles. The van der Waals surface area contributed by atoms with Gasteiger partial charge in [0.1, 0.15) is 18.0 Å². The number of esters is 2. The topological polar surface area (TPSA) is 179 Å². The first kappa shape index (κ1) is 34.0. The second-order valence-electron chi connectivity index (χ2n) is 11.6. The molecule has 2 aromatic heterocycles. The number of hydrogen-bond acceptors (Lipinski definition) is 13. The molecule has 6 rings (SSSR count). The Bertz CT molecular complexity index is 1780. The quantitative estimate of drug-likeness (QED) is 0.124.